The van der Waals surface area contributed by atoms with Gasteiger partial charge >= 0.3 is 0 Å². The van der Waals surface area contributed by atoms with Gasteiger partial charge in [0.05, 0.1) is 0 Å². The predicted molar refractivity (Wildman–Crippen MR) is 125 cm³/mol. The summed E-state index contributed by atoms with van der Waals surface area (Å²) in [6, 6.07) is 24.0. The first-order chi connectivity index (χ1) is 15.6. The van der Waals surface area contributed by atoms with Crippen molar-refractivity contribution in [2.45, 2.75) is 6.92 Å². The fourth-order valence-electron chi connectivity index (χ4n) is 2.91. The van der Waals surface area contributed by atoms with Crippen LogP contribution in [-0.2, 0) is 4.79 Å². The Bertz CT molecular complexity index is 1170. The first kappa shape index (κ1) is 20.8. The summed E-state index contributed by atoms with van der Waals surface area (Å²) in [5.41, 5.74) is 1.50. The number of amides is 1. The minimum atomic E-state index is -0.230. The van der Waals surface area contributed by atoms with Crippen LogP contribution in [0.2, 0.25) is 0 Å². The van der Waals surface area contributed by atoms with E-state index < -0.39 is 0 Å². The summed E-state index contributed by atoms with van der Waals surface area (Å²) < 4.78 is 5.46. The molecule has 0 aliphatic rings. The van der Waals surface area contributed by atoms with E-state index >= 15 is 0 Å². The Balaban J connectivity index is 1.34. The van der Waals surface area contributed by atoms with Crippen LogP contribution >= 0.6 is 0 Å². The highest BCUT2D eigenvalue weighted by Crippen LogP contribution is 2.21. The van der Waals surface area contributed by atoms with Gasteiger partial charge in [-0.3, -0.25) is 4.79 Å². The van der Waals surface area contributed by atoms with E-state index in [-0.39, 0.29) is 12.5 Å². The lowest BCUT2D eigenvalue weighted by molar-refractivity contribution is -0.118. The van der Waals surface area contributed by atoms with Gasteiger partial charge in [0.25, 0.3) is 5.91 Å². The van der Waals surface area contributed by atoms with E-state index in [4.69, 9.17) is 4.74 Å². The van der Waals surface area contributed by atoms with Crippen molar-refractivity contribution in [1.82, 2.24) is 15.0 Å². The van der Waals surface area contributed by atoms with Crippen molar-refractivity contribution < 1.29 is 9.53 Å². The second-order valence-electron chi connectivity index (χ2n) is 6.88. The molecule has 8 nitrogen and oxygen atoms in total. The Labute approximate surface area is 185 Å². The number of hydrogen-bond donors (Lipinski definition) is 3. The highest BCUT2D eigenvalue weighted by Gasteiger charge is 2.06. The van der Waals surface area contributed by atoms with Crippen LogP contribution in [0.15, 0.2) is 85.1 Å². The molecule has 2 aromatic carbocycles. The number of aryl methyl sites for hydroxylation is 1. The van der Waals surface area contributed by atoms with E-state index in [1.807, 2.05) is 67.6 Å². The number of benzene rings is 2. The number of anilines is 5. The smallest absolute Gasteiger partial charge is 0.262 e. The number of rotatable bonds is 8. The molecular formula is C24H22N6O2. The van der Waals surface area contributed by atoms with Crippen molar-refractivity contribution >= 4 is 34.7 Å². The average molecular weight is 426 g/mol. The fraction of sp³-hybridized carbons (Fsp3) is 0.0833. The third-order valence-corrected chi connectivity index (χ3v) is 4.31. The summed E-state index contributed by atoms with van der Waals surface area (Å²) in [6.45, 7) is 1.77. The molecule has 0 saturated carbocycles. The van der Waals surface area contributed by atoms with Crippen molar-refractivity contribution in [2.75, 3.05) is 22.6 Å². The Hall–Kier alpha value is -4.46. The van der Waals surface area contributed by atoms with Gasteiger partial charge in [-0.2, -0.15) is 0 Å². The molecule has 0 aliphatic heterocycles. The molecule has 0 unspecified atom stereocenters. The standard InChI is InChI=1S/C24H22N6O2/c1-17-26-22(15-23(27-17)30-21-9-5-6-14-25-21)28-18-10-12-19(13-11-18)29-24(31)16-32-20-7-3-2-4-8-20/h2-15H,16H2,1H3,(H,29,31)(H2,25,26,27,28,30). The van der Waals surface area contributed by atoms with Gasteiger partial charge in [0.2, 0.25) is 0 Å². The number of nitrogens with one attached hydrogen (secondary N) is 3. The van der Waals surface area contributed by atoms with Crippen molar-refractivity contribution in [3.8, 4) is 5.75 Å². The highest BCUT2D eigenvalue weighted by atomic mass is 16.5. The first-order valence-corrected chi connectivity index (χ1v) is 10.0. The maximum Gasteiger partial charge on any atom is 0.262 e. The van der Waals surface area contributed by atoms with E-state index in [1.54, 1.807) is 24.4 Å². The summed E-state index contributed by atoms with van der Waals surface area (Å²) >= 11 is 0. The van der Waals surface area contributed by atoms with Gasteiger partial charge in [-0.05, 0) is 55.5 Å². The molecule has 32 heavy (non-hydrogen) atoms. The van der Waals surface area contributed by atoms with Crippen LogP contribution < -0.4 is 20.7 Å². The molecule has 0 bridgehead atoms. The lowest BCUT2D eigenvalue weighted by Gasteiger charge is -2.11. The molecule has 8 heteroatoms. The van der Waals surface area contributed by atoms with Gasteiger partial charge in [0, 0.05) is 23.6 Å². The third kappa shape index (κ3) is 6.02. The van der Waals surface area contributed by atoms with Gasteiger partial charge in [-0.15, -0.1) is 0 Å². The zero-order chi connectivity index (χ0) is 22.2. The lowest BCUT2D eigenvalue weighted by Crippen LogP contribution is -2.20. The number of ether oxygens (including phenoxy) is 1. The zero-order valence-electron chi connectivity index (χ0n) is 17.4. The van der Waals surface area contributed by atoms with Crippen LogP contribution in [-0.4, -0.2) is 27.5 Å². The van der Waals surface area contributed by atoms with Crippen molar-refractivity contribution in [3.63, 3.8) is 0 Å². The molecule has 0 aliphatic carbocycles. The molecule has 2 aromatic heterocycles. The van der Waals surface area contributed by atoms with Crippen LogP contribution in [0.25, 0.3) is 0 Å². The largest absolute Gasteiger partial charge is 0.484 e. The molecule has 160 valence electrons. The summed E-state index contributed by atoms with van der Waals surface area (Å²) in [6.07, 6.45) is 1.71. The zero-order valence-corrected chi connectivity index (χ0v) is 17.4. The maximum absolute atomic E-state index is 12.1. The molecule has 4 aromatic rings. The molecule has 1 amide bonds. The molecule has 0 fully saturated rings. The van der Waals surface area contributed by atoms with Crippen LogP contribution in [0, 0.1) is 6.92 Å². The summed E-state index contributed by atoms with van der Waals surface area (Å²) in [4.78, 5) is 25.2. The van der Waals surface area contributed by atoms with Crippen molar-refractivity contribution in [3.05, 3.63) is 90.9 Å². The minimum absolute atomic E-state index is 0.0593. The SMILES string of the molecule is Cc1nc(Nc2ccc(NC(=O)COc3ccccc3)cc2)cc(Nc2ccccn2)n1. The van der Waals surface area contributed by atoms with Crippen LogP contribution in [0.3, 0.4) is 0 Å². The second kappa shape index (κ2) is 10.0. The van der Waals surface area contributed by atoms with Crippen LogP contribution in [0.1, 0.15) is 5.82 Å². The molecule has 0 radical (unpaired) electrons. The number of para-hydroxylation sites is 1. The van der Waals surface area contributed by atoms with Crippen LogP contribution in [0.5, 0.6) is 5.75 Å². The van der Waals surface area contributed by atoms with Crippen LogP contribution in [0.4, 0.5) is 28.8 Å². The quantitative estimate of drug-likeness (QED) is 0.376. The maximum atomic E-state index is 12.1. The molecule has 4 rings (SSSR count). The van der Waals surface area contributed by atoms with Gasteiger partial charge in [0.15, 0.2) is 6.61 Å². The van der Waals surface area contributed by atoms with E-state index in [2.05, 4.69) is 30.9 Å². The lowest BCUT2D eigenvalue weighted by atomic mass is 10.2. The third-order valence-electron chi connectivity index (χ3n) is 4.31. The number of nitrogens with zero attached hydrogens (tertiary/aromatic N) is 3. The Kier molecular flexibility index (Phi) is 6.52. The second-order valence-corrected chi connectivity index (χ2v) is 6.88. The number of pyridine rings is 1. The highest BCUT2D eigenvalue weighted by molar-refractivity contribution is 5.92. The predicted octanol–water partition coefficient (Wildman–Crippen LogP) is 4.68. The average Bonchev–Trinajstić information content (AvgIpc) is 2.80. The minimum Gasteiger partial charge on any atom is -0.484 e. The van der Waals surface area contributed by atoms with E-state index in [1.165, 1.54) is 0 Å². The Morgan fingerprint density at radius 1 is 0.812 bits per heavy atom. The Morgan fingerprint density at radius 3 is 2.22 bits per heavy atom. The summed E-state index contributed by atoms with van der Waals surface area (Å²) in [5, 5.41) is 9.23. The van der Waals surface area contributed by atoms with Crippen molar-refractivity contribution in [2.24, 2.45) is 0 Å². The monoisotopic (exact) mass is 426 g/mol. The van der Waals surface area contributed by atoms with E-state index in [0.717, 1.165) is 5.69 Å². The first-order valence-electron chi connectivity index (χ1n) is 10.0. The van der Waals surface area contributed by atoms with Gasteiger partial charge in [-0.1, -0.05) is 24.3 Å². The molecule has 0 atom stereocenters. The normalized spacial score (nSPS) is 10.3. The Morgan fingerprint density at radius 2 is 1.50 bits per heavy atom. The van der Waals surface area contributed by atoms with Gasteiger partial charge < -0.3 is 20.7 Å². The number of hydrogen-bond acceptors (Lipinski definition) is 7. The summed E-state index contributed by atoms with van der Waals surface area (Å²) in [7, 11) is 0. The molecule has 2 heterocycles. The topological polar surface area (TPSA) is 101 Å². The number of carbonyl (C=O) groups is 1. The van der Waals surface area contributed by atoms with Gasteiger partial charge in [0.1, 0.15) is 29.0 Å². The van der Waals surface area contributed by atoms with E-state index in [0.29, 0.717) is 34.7 Å². The molecule has 0 spiro atoms. The molecular weight excluding hydrogens is 404 g/mol. The number of aromatic nitrogens is 3. The number of carbonyl (C=O) groups excluding carboxylic acids is 1. The van der Waals surface area contributed by atoms with E-state index in [9.17, 15) is 4.79 Å². The molecule has 3 N–H and O–H groups in total. The molecule has 0 saturated heterocycles. The fourth-order valence-corrected chi connectivity index (χ4v) is 2.91. The summed E-state index contributed by atoms with van der Waals surface area (Å²) in [5.74, 6) is 3.03. The van der Waals surface area contributed by atoms with Gasteiger partial charge in [-0.25, -0.2) is 15.0 Å². The van der Waals surface area contributed by atoms with Crippen molar-refractivity contribution in [1.29, 1.82) is 0 Å².